The Kier molecular flexibility index (Phi) is 11.6. The lowest BCUT2D eigenvalue weighted by Gasteiger charge is -2.03. The van der Waals surface area contributed by atoms with Crippen molar-refractivity contribution in [2.45, 2.75) is 53.1 Å². The van der Waals surface area contributed by atoms with E-state index in [1.807, 2.05) is 27.7 Å². The van der Waals surface area contributed by atoms with Gasteiger partial charge in [0.05, 0.1) is 6.10 Å². The molecule has 1 N–H and O–H groups in total. The van der Waals surface area contributed by atoms with Crippen LogP contribution in [0.25, 0.3) is 0 Å². The van der Waals surface area contributed by atoms with Gasteiger partial charge in [0.15, 0.2) is 0 Å². The van der Waals surface area contributed by atoms with E-state index in [-0.39, 0.29) is 5.78 Å². The summed E-state index contributed by atoms with van der Waals surface area (Å²) in [6.07, 6.45) is 1.12. The first-order valence-corrected chi connectivity index (χ1v) is 4.40. The summed E-state index contributed by atoms with van der Waals surface area (Å²) < 4.78 is 0. The summed E-state index contributed by atoms with van der Waals surface area (Å²) in [6, 6.07) is 0. The van der Waals surface area contributed by atoms with Crippen LogP contribution < -0.4 is 0 Å². The maximum Gasteiger partial charge on any atom is 0.135 e. The number of carbonyl (C=O) groups is 1. The summed E-state index contributed by atoms with van der Waals surface area (Å²) in [5.41, 5.74) is 0. The van der Waals surface area contributed by atoms with Gasteiger partial charge < -0.3 is 5.11 Å². The van der Waals surface area contributed by atoms with Gasteiger partial charge in [0.2, 0.25) is 0 Å². The molecule has 1 atom stereocenters. The van der Waals surface area contributed by atoms with Gasteiger partial charge in [-0.2, -0.15) is 0 Å². The second-order valence-corrected chi connectivity index (χ2v) is 2.16. The Balaban J connectivity index is 0. The highest BCUT2D eigenvalue weighted by atomic mass is 16.3. The van der Waals surface area contributed by atoms with Crippen LogP contribution >= 0.6 is 0 Å². The van der Waals surface area contributed by atoms with Crippen LogP contribution in [0.4, 0.5) is 0 Å². The third-order valence-electron chi connectivity index (χ3n) is 1.33. The molecule has 0 aromatic rings. The lowest BCUT2D eigenvalue weighted by atomic mass is 10.1. The summed E-state index contributed by atoms with van der Waals surface area (Å²) >= 11 is 0. The second kappa shape index (κ2) is 9.63. The molecule has 0 spiro atoms. The summed E-state index contributed by atoms with van der Waals surface area (Å²) in [6.45, 7) is 7.68. The molecule has 0 aliphatic heterocycles. The van der Waals surface area contributed by atoms with Crippen LogP contribution in [0.1, 0.15) is 47.0 Å². The molecule has 0 fully saturated rings. The van der Waals surface area contributed by atoms with Gasteiger partial charge in [-0.15, -0.1) is 0 Å². The van der Waals surface area contributed by atoms with Crippen molar-refractivity contribution in [3.63, 3.8) is 0 Å². The third kappa shape index (κ3) is 9.63. The van der Waals surface area contributed by atoms with E-state index in [0.29, 0.717) is 19.3 Å². The van der Waals surface area contributed by atoms with Crippen molar-refractivity contribution in [2.75, 3.05) is 0 Å². The Hall–Kier alpha value is -0.370. The highest BCUT2D eigenvalue weighted by molar-refractivity contribution is 5.78. The highest BCUT2D eigenvalue weighted by Crippen LogP contribution is 1.98. The van der Waals surface area contributed by atoms with E-state index in [0.717, 1.165) is 0 Å². The number of hydrogen-bond donors (Lipinski definition) is 1. The lowest BCUT2D eigenvalue weighted by Crippen LogP contribution is -2.10. The Morgan fingerprint density at radius 2 is 1.82 bits per heavy atom. The first kappa shape index (κ1) is 13.2. The largest absolute Gasteiger partial charge is 0.393 e. The molecule has 0 aliphatic carbocycles. The molecule has 0 aliphatic rings. The zero-order chi connectivity index (χ0) is 9.28. The molecular formula is C9H20O2. The molecule has 1 unspecified atom stereocenters. The number of aliphatic hydroxyl groups is 1. The SMILES string of the molecule is CC.CCC(=O)CC(O)CC. The first-order chi connectivity index (χ1) is 5.20. The predicted octanol–water partition coefficient (Wildman–Crippen LogP) is 2.15. The van der Waals surface area contributed by atoms with Crippen molar-refractivity contribution >= 4 is 5.78 Å². The first-order valence-electron chi connectivity index (χ1n) is 4.40. The minimum absolute atomic E-state index is 0.143. The highest BCUT2D eigenvalue weighted by Gasteiger charge is 2.05. The van der Waals surface area contributed by atoms with Crippen LogP contribution in [0.2, 0.25) is 0 Å². The molecule has 11 heavy (non-hydrogen) atoms. The van der Waals surface area contributed by atoms with Gasteiger partial charge in [-0.05, 0) is 6.42 Å². The minimum atomic E-state index is -0.419. The van der Waals surface area contributed by atoms with E-state index < -0.39 is 6.10 Å². The molecule has 0 radical (unpaired) electrons. The van der Waals surface area contributed by atoms with Gasteiger partial charge in [-0.25, -0.2) is 0 Å². The molecule has 0 aromatic heterocycles. The van der Waals surface area contributed by atoms with E-state index in [4.69, 9.17) is 5.11 Å². The number of Topliss-reactive ketones (excluding diaryl/α,β-unsaturated/α-hetero) is 1. The molecule has 0 rings (SSSR count). The lowest BCUT2D eigenvalue weighted by molar-refractivity contribution is -0.120. The van der Waals surface area contributed by atoms with Crippen LogP contribution in [0.5, 0.6) is 0 Å². The number of ketones is 1. The Morgan fingerprint density at radius 3 is 2.09 bits per heavy atom. The van der Waals surface area contributed by atoms with E-state index in [9.17, 15) is 4.79 Å². The van der Waals surface area contributed by atoms with Crippen molar-refractivity contribution in [1.29, 1.82) is 0 Å². The van der Waals surface area contributed by atoms with Crippen LogP contribution in [0, 0.1) is 0 Å². The van der Waals surface area contributed by atoms with E-state index in [1.165, 1.54) is 0 Å². The number of hydrogen-bond acceptors (Lipinski definition) is 2. The Labute approximate surface area is 69.6 Å². The van der Waals surface area contributed by atoms with Crippen molar-refractivity contribution in [1.82, 2.24) is 0 Å². The maximum absolute atomic E-state index is 10.6. The average molecular weight is 160 g/mol. The van der Waals surface area contributed by atoms with Crippen molar-refractivity contribution < 1.29 is 9.90 Å². The monoisotopic (exact) mass is 160 g/mol. The number of aliphatic hydroxyl groups excluding tert-OH is 1. The smallest absolute Gasteiger partial charge is 0.135 e. The van der Waals surface area contributed by atoms with Crippen molar-refractivity contribution in [3.05, 3.63) is 0 Å². The van der Waals surface area contributed by atoms with Crippen molar-refractivity contribution in [3.8, 4) is 0 Å². The predicted molar refractivity (Wildman–Crippen MR) is 47.6 cm³/mol. The molecule has 0 bridgehead atoms. The summed E-state index contributed by atoms with van der Waals surface area (Å²) in [4.78, 5) is 10.6. The van der Waals surface area contributed by atoms with Gasteiger partial charge >= 0.3 is 0 Å². The maximum atomic E-state index is 10.6. The van der Waals surface area contributed by atoms with Crippen LogP contribution in [-0.4, -0.2) is 17.0 Å². The molecular weight excluding hydrogens is 140 g/mol. The van der Waals surface area contributed by atoms with Gasteiger partial charge in [0.1, 0.15) is 5.78 Å². The van der Waals surface area contributed by atoms with Crippen LogP contribution in [0.15, 0.2) is 0 Å². The quantitative estimate of drug-likeness (QED) is 0.684. The topological polar surface area (TPSA) is 37.3 Å². The fraction of sp³-hybridized carbons (Fsp3) is 0.889. The molecule has 0 heterocycles. The average Bonchev–Trinajstić information content (AvgIpc) is 2.07. The van der Waals surface area contributed by atoms with Crippen LogP contribution in [-0.2, 0) is 4.79 Å². The fourth-order valence-electron chi connectivity index (χ4n) is 0.551. The second-order valence-electron chi connectivity index (χ2n) is 2.16. The van der Waals surface area contributed by atoms with E-state index in [1.54, 1.807) is 0 Å². The number of carbonyl (C=O) groups excluding carboxylic acids is 1. The molecule has 68 valence electrons. The Morgan fingerprint density at radius 1 is 1.36 bits per heavy atom. The van der Waals surface area contributed by atoms with E-state index >= 15 is 0 Å². The molecule has 0 amide bonds. The molecule has 2 heteroatoms. The summed E-state index contributed by atoms with van der Waals surface area (Å²) in [5.74, 6) is 0.143. The molecule has 0 aromatic carbocycles. The number of rotatable bonds is 4. The fourth-order valence-corrected chi connectivity index (χ4v) is 0.551. The zero-order valence-corrected chi connectivity index (χ0v) is 8.05. The van der Waals surface area contributed by atoms with Gasteiger partial charge in [-0.1, -0.05) is 27.7 Å². The Bertz CT molecular complexity index is 89.6. The third-order valence-corrected chi connectivity index (χ3v) is 1.33. The van der Waals surface area contributed by atoms with E-state index in [2.05, 4.69) is 0 Å². The molecule has 2 nitrogen and oxygen atoms in total. The summed E-state index contributed by atoms with van der Waals surface area (Å²) in [5, 5.41) is 8.94. The van der Waals surface area contributed by atoms with Crippen LogP contribution in [0.3, 0.4) is 0 Å². The normalized spacial score (nSPS) is 11.4. The van der Waals surface area contributed by atoms with Gasteiger partial charge in [-0.3, -0.25) is 4.79 Å². The minimum Gasteiger partial charge on any atom is -0.393 e. The molecule has 0 saturated heterocycles. The zero-order valence-electron chi connectivity index (χ0n) is 8.05. The van der Waals surface area contributed by atoms with Crippen molar-refractivity contribution in [2.24, 2.45) is 0 Å². The standard InChI is InChI=1S/C7H14O2.C2H6/c1-3-6(8)5-7(9)4-2;1-2/h6,8H,3-5H2,1-2H3;1-2H3. The summed E-state index contributed by atoms with van der Waals surface area (Å²) in [7, 11) is 0. The molecule has 0 saturated carbocycles. The van der Waals surface area contributed by atoms with Gasteiger partial charge in [0.25, 0.3) is 0 Å². The van der Waals surface area contributed by atoms with Gasteiger partial charge in [0, 0.05) is 12.8 Å².